The van der Waals surface area contributed by atoms with Gasteiger partial charge in [-0.1, -0.05) is 6.07 Å². The topological polar surface area (TPSA) is 143 Å². The third-order valence-electron chi connectivity index (χ3n) is 7.30. The van der Waals surface area contributed by atoms with Crippen molar-refractivity contribution in [3.63, 3.8) is 0 Å². The van der Waals surface area contributed by atoms with Gasteiger partial charge in [0.05, 0.1) is 0 Å². The fraction of sp³-hybridized carbons (Fsp3) is 0.440. The minimum atomic E-state index is -1.48. The number of anilines is 1. The summed E-state index contributed by atoms with van der Waals surface area (Å²) in [5.74, 6) is -0.553. The molecule has 3 aliphatic rings. The molecule has 2 heterocycles. The lowest BCUT2D eigenvalue weighted by molar-refractivity contribution is -0.136. The van der Waals surface area contributed by atoms with Crippen LogP contribution in [0.4, 0.5) is 15.3 Å². The Labute approximate surface area is 208 Å². The van der Waals surface area contributed by atoms with Gasteiger partial charge in [-0.15, -0.1) is 0 Å². The van der Waals surface area contributed by atoms with Crippen molar-refractivity contribution in [2.24, 2.45) is 5.92 Å². The number of fused-ring (bicyclic) bond motifs is 2. The first kappa shape index (κ1) is 23.7. The number of ether oxygens (including phenoxy) is 1. The maximum Gasteiger partial charge on any atom is 0.415 e. The first-order valence-corrected chi connectivity index (χ1v) is 12.0. The van der Waals surface area contributed by atoms with Crippen LogP contribution in [0.15, 0.2) is 36.9 Å². The lowest BCUT2D eigenvalue weighted by Gasteiger charge is -2.30. The van der Waals surface area contributed by atoms with Crippen LogP contribution in [0.1, 0.15) is 55.2 Å². The number of urea groups is 1. The molecule has 1 aromatic carbocycles. The highest BCUT2D eigenvalue weighted by Crippen LogP contribution is 2.51. The molecule has 2 aliphatic carbocycles. The zero-order chi connectivity index (χ0) is 25.4. The molecular formula is C25H28N6O5. The van der Waals surface area contributed by atoms with Crippen molar-refractivity contribution in [2.75, 3.05) is 12.4 Å². The maximum atomic E-state index is 13.7. The molecule has 2 aromatic rings. The smallest absolute Gasteiger partial charge is 0.415 e. The molecule has 5 rings (SSSR count). The summed E-state index contributed by atoms with van der Waals surface area (Å²) in [6.45, 7) is 2.44. The molecule has 1 saturated heterocycles. The Bertz CT molecular complexity index is 1220. The van der Waals surface area contributed by atoms with E-state index in [1.165, 1.54) is 13.4 Å². The Kier molecular flexibility index (Phi) is 6.07. The van der Waals surface area contributed by atoms with E-state index in [-0.39, 0.29) is 24.8 Å². The molecule has 0 bridgehead atoms. The van der Waals surface area contributed by atoms with Crippen LogP contribution in [0, 0.1) is 5.92 Å². The number of alkyl carbamates (subject to hydrolysis) is 1. The number of aromatic nitrogens is 2. The SMILES string of the molecule is CNC(=O)Nc1ccc2c(c1)C(CC(=O)N(Cc1cncnc1)[C@@H](C)C1CC1)C[C@@]21OC(=O)NC1=O. The van der Waals surface area contributed by atoms with Gasteiger partial charge in [-0.05, 0) is 49.3 Å². The molecule has 1 aromatic heterocycles. The van der Waals surface area contributed by atoms with E-state index < -0.39 is 29.6 Å². The first-order valence-electron chi connectivity index (χ1n) is 12.0. The summed E-state index contributed by atoms with van der Waals surface area (Å²) in [5.41, 5.74) is 1.09. The van der Waals surface area contributed by atoms with Gasteiger partial charge in [0.25, 0.3) is 5.91 Å². The Morgan fingerprint density at radius 2 is 2.00 bits per heavy atom. The monoisotopic (exact) mass is 492 g/mol. The molecule has 0 radical (unpaired) electrons. The van der Waals surface area contributed by atoms with Gasteiger partial charge in [-0.2, -0.15) is 0 Å². The average Bonchev–Trinajstić information content (AvgIpc) is 3.62. The second-order valence-electron chi connectivity index (χ2n) is 9.63. The Morgan fingerprint density at radius 1 is 1.25 bits per heavy atom. The van der Waals surface area contributed by atoms with E-state index in [9.17, 15) is 19.2 Å². The lowest BCUT2D eigenvalue weighted by Crippen LogP contribution is -2.40. The second kappa shape index (κ2) is 9.21. The minimum Gasteiger partial charge on any atom is -0.427 e. The molecule has 188 valence electrons. The maximum absolute atomic E-state index is 13.7. The number of nitrogens with zero attached hydrogens (tertiary/aromatic N) is 3. The fourth-order valence-electron chi connectivity index (χ4n) is 5.25. The standard InChI is InChI=1S/C25H28N6O5/c1-14(16-3-4-16)31(12-15-10-27-13-28-11-15)21(32)7-17-9-25(22(33)30-24(35)36-25)20-6-5-18(8-19(17)20)29-23(34)26-2/h5-6,8,10-11,13-14,16-17H,3-4,7,9,12H2,1-2H3,(H2,26,29,34)(H,30,33,35)/t14-,17?,25+/m0/s1. The molecule has 11 nitrogen and oxygen atoms in total. The molecule has 1 saturated carbocycles. The van der Waals surface area contributed by atoms with Crippen molar-refractivity contribution in [1.82, 2.24) is 25.5 Å². The third-order valence-corrected chi connectivity index (χ3v) is 7.30. The normalized spacial score (nSPS) is 23.0. The Morgan fingerprint density at radius 3 is 2.64 bits per heavy atom. The third kappa shape index (κ3) is 4.36. The van der Waals surface area contributed by atoms with E-state index in [0.717, 1.165) is 18.4 Å². The predicted octanol–water partition coefficient (Wildman–Crippen LogP) is 2.39. The highest BCUT2D eigenvalue weighted by molar-refractivity contribution is 6.04. The summed E-state index contributed by atoms with van der Waals surface area (Å²) in [5, 5.41) is 7.45. The van der Waals surface area contributed by atoms with Gasteiger partial charge in [0.1, 0.15) is 6.33 Å². The number of hydrogen-bond donors (Lipinski definition) is 3. The van der Waals surface area contributed by atoms with Gasteiger partial charge in [0.15, 0.2) is 0 Å². The van der Waals surface area contributed by atoms with Crippen LogP contribution in [0.3, 0.4) is 0 Å². The van der Waals surface area contributed by atoms with Crippen LogP contribution in [0.25, 0.3) is 0 Å². The van der Waals surface area contributed by atoms with Gasteiger partial charge >= 0.3 is 12.1 Å². The van der Waals surface area contributed by atoms with Crippen LogP contribution >= 0.6 is 0 Å². The number of nitrogens with one attached hydrogen (secondary N) is 3. The summed E-state index contributed by atoms with van der Waals surface area (Å²) in [6, 6.07) is 4.72. The van der Waals surface area contributed by atoms with E-state index in [1.807, 2.05) is 4.90 Å². The van der Waals surface area contributed by atoms with Crippen molar-refractivity contribution in [3.05, 3.63) is 53.6 Å². The largest absolute Gasteiger partial charge is 0.427 e. The lowest BCUT2D eigenvalue weighted by atomic mass is 9.93. The molecule has 5 amide bonds. The molecular weight excluding hydrogens is 464 g/mol. The number of benzene rings is 1. The number of amides is 5. The van der Waals surface area contributed by atoms with Gasteiger partial charge in [-0.25, -0.2) is 19.6 Å². The van der Waals surface area contributed by atoms with Crippen molar-refractivity contribution < 1.29 is 23.9 Å². The molecule has 1 unspecified atom stereocenters. The molecule has 1 aliphatic heterocycles. The number of rotatable bonds is 7. The van der Waals surface area contributed by atoms with Crippen molar-refractivity contribution in [2.45, 2.75) is 56.7 Å². The Hall–Kier alpha value is -4.02. The van der Waals surface area contributed by atoms with E-state index >= 15 is 0 Å². The van der Waals surface area contributed by atoms with E-state index in [1.54, 1.807) is 30.6 Å². The van der Waals surface area contributed by atoms with E-state index in [2.05, 4.69) is 32.8 Å². The number of carbonyl (C=O) groups is 4. The highest BCUT2D eigenvalue weighted by atomic mass is 16.6. The van der Waals surface area contributed by atoms with Crippen molar-refractivity contribution >= 4 is 29.6 Å². The number of carbonyl (C=O) groups excluding carboxylic acids is 4. The van der Waals surface area contributed by atoms with Gasteiger partial charge in [0, 0.05) is 61.7 Å². The zero-order valence-corrected chi connectivity index (χ0v) is 20.1. The van der Waals surface area contributed by atoms with Gasteiger partial charge in [-0.3, -0.25) is 14.9 Å². The summed E-state index contributed by atoms with van der Waals surface area (Å²) < 4.78 is 5.51. The van der Waals surface area contributed by atoms with Crippen LogP contribution in [0.2, 0.25) is 0 Å². The molecule has 3 N–H and O–H groups in total. The van der Waals surface area contributed by atoms with Gasteiger partial charge < -0.3 is 20.3 Å². The van der Waals surface area contributed by atoms with Crippen molar-refractivity contribution in [1.29, 1.82) is 0 Å². The zero-order valence-electron chi connectivity index (χ0n) is 20.1. The van der Waals surface area contributed by atoms with E-state index in [4.69, 9.17) is 4.74 Å². The number of hydrogen-bond acceptors (Lipinski definition) is 7. The Balaban J connectivity index is 1.45. The molecule has 11 heteroatoms. The van der Waals surface area contributed by atoms with Crippen LogP contribution in [0.5, 0.6) is 0 Å². The first-order chi connectivity index (χ1) is 17.3. The summed E-state index contributed by atoms with van der Waals surface area (Å²) in [6.07, 6.45) is 6.47. The average molecular weight is 493 g/mol. The summed E-state index contributed by atoms with van der Waals surface area (Å²) in [4.78, 5) is 60.4. The number of imide groups is 1. The van der Waals surface area contributed by atoms with E-state index in [0.29, 0.717) is 29.3 Å². The van der Waals surface area contributed by atoms with Crippen LogP contribution in [-0.2, 0) is 26.5 Å². The van der Waals surface area contributed by atoms with Gasteiger partial charge in [0.2, 0.25) is 11.5 Å². The highest BCUT2D eigenvalue weighted by Gasteiger charge is 2.57. The second-order valence-corrected chi connectivity index (χ2v) is 9.63. The molecule has 1 spiro atoms. The summed E-state index contributed by atoms with van der Waals surface area (Å²) in [7, 11) is 1.51. The van der Waals surface area contributed by atoms with Crippen LogP contribution < -0.4 is 16.0 Å². The summed E-state index contributed by atoms with van der Waals surface area (Å²) >= 11 is 0. The van der Waals surface area contributed by atoms with Crippen molar-refractivity contribution in [3.8, 4) is 0 Å². The predicted molar refractivity (Wildman–Crippen MR) is 128 cm³/mol. The quantitative estimate of drug-likeness (QED) is 0.539. The molecule has 36 heavy (non-hydrogen) atoms. The fourth-order valence-corrected chi connectivity index (χ4v) is 5.25. The van der Waals surface area contributed by atoms with Crippen LogP contribution in [-0.4, -0.2) is 51.9 Å². The minimum absolute atomic E-state index is 0.0430. The molecule has 2 fully saturated rings. The molecule has 3 atom stereocenters.